The van der Waals surface area contributed by atoms with Crippen molar-refractivity contribution >= 4 is 42.8 Å². The van der Waals surface area contributed by atoms with Crippen molar-refractivity contribution < 1.29 is 17.7 Å². The normalized spacial score (nSPS) is 10.4. The summed E-state index contributed by atoms with van der Waals surface area (Å²) in [4.78, 5) is 18.3. The van der Waals surface area contributed by atoms with Crippen LogP contribution in [0.15, 0.2) is 36.5 Å². The number of para-hydroxylation sites is 1. The van der Waals surface area contributed by atoms with E-state index >= 15 is 0 Å². The Morgan fingerprint density at radius 1 is 1.23 bits per heavy atom. The topological polar surface area (TPSA) is 47.3 Å². The van der Waals surface area contributed by atoms with Gasteiger partial charge in [-0.1, -0.05) is 38.1 Å². The summed E-state index contributed by atoms with van der Waals surface area (Å²) >= 11 is 0.382. The minimum absolute atomic E-state index is 0.123. The number of amides is 1. The van der Waals surface area contributed by atoms with Crippen LogP contribution in [0.2, 0.25) is 0 Å². The zero-order valence-corrected chi connectivity index (χ0v) is 15.0. The fourth-order valence-electron chi connectivity index (χ4n) is 1.99. The van der Waals surface area contributed by atoms with Crippen molar-refractivity contribution in [1.29, 1.82) is 0 Å². The van der Waals surface area contributed by atoms with Gasteiger partial charge in [-0.05, 0) is 24.5 Å². The molecular formula is C15H18Cl2CoN3O. The van der Waals surface area contributed by atoms with Gasteiger partial charge in [0.25, 0.3) is 0 Å². The van der Waals surface area contributed by atoms with Gasteiger partial charge in [-0.15, -0.1) is 5.69 Å². The average molecular weight is 386 g/mol. The summed E-state index contributed by atoms with van der Waals surface area (Å²) < 4.78 is 0. The third kappa shape index (κ3) is 6.10. The molecule has 2 aromatic rings. The predicted octanol–water partition coefficient (Wildman–Crippen LogP) is 4.48. The number of aromatic nitrogens is 1. The van der Waals surface area contributed by atoms with Crippen LogP contribution in [-0.4, -0.2) is 35.4 Å². The number of benzene rings is 1. The van der Waals surface area contributed by atoms with Crippen molar-refractivity contribution in [3.63, 3.8) is 0 Å². The Balaban J connectivity index is 0.000000745. The van der Waals surface area contributed by atoms with Crippen LogP contribution in [0.3, 0.4) is 0 Å². The van der Waals surface area contributed by atoms with Gasteiger partial charge >= 0.3 is 33.2 Å². The zero-order chi connectivity index (χ0) is 16.4. The number of likely N-dealkylation sites (N-methyl/N-ethyl adjacent to an activating group) is 1. The van der Waals surface area contributed by atoms with Gasteiger partial charge in [-0.2, -0.15) is 0 Å². The summed E-state index contributed by atoms with van der Waals surface area (Å²) in [6, 6.07) is 9.54. The van der Waals surface area contributed by atoms with Crippen LogP contribution >= 0.6 is 20.3 Å². The molecule has 0 fully saturated rings. The van der Waals surface area contributed by atoms with Gasteiger partial charge < -0.3 is 10.1 Å². The first-order valence-corrected chi connectivity index (χ1v) is 9.67. The standard InChI is InChI=1S/C15H19N3O.2ClH.Co/c1-3-18(4-2)11-14(19)17-13-9-5-7-12-8-6-10-16-15(12)13;;;/h5-10H,3-4,11H2,1-2H3,(H,17,19);2*1H;/q;;;+3/p-3. The third-order valence-corrected chi connectivity index (χ3v) is 3.11. The van der Waals surface area contributed by atoms with Gasteiger partial charge in [-0.25, -0.2) is 0 Å². The Hall–Kier alpha value is -0.854. The van der Waals surface area contributed by atoms with Crippen LogP contribution in [0.4, 0.5) is 5.69 Å². The third-order valence-electron chi connectivity index (χ3n) is 3.11. The Labute approximate surface area is 145 Å². The number of carbonyl (C=O) groups excluding carboxylic acids is 1. The second kappa shape index (κ2) is 10.8. The molecule has 1 amide bonds. The molecule has 0 N–H and O–H groups in total. The van der Waals surface area contributed by atoms with Crippen LogP contribution in [-0.2, 0) is 17.7 Å². The molecule has 0 saturated carbocycles. The Morgan fingerprint density at radius 3 is 2.50 bits per heavy atom. The van der Waals surface area contributed by atoms with Crippen molar-refractivity contribution in [3.8, 4) is 0 Å². The van der Waals surface area contributed by atoms with E-state index in [0.717, 1.165) is 24.0 Å². The molecule has 22 heavy (non-hydrogen) atoms. The summed E-state index contributed by atoms with van der Waals surface area (Å²) in [7, 11) is 9.47. The molecule has 1 heterocycles. The number of halogens is 2. The van der Waals surface area contributed by atoms with E-state index in [2.05, 4.69) is 10.3 Å². The van der Waals surface area contributed by atoms with Crippen molar-refractivity contribution in [1.82, 2.24) is 9.88 Å². The molecule has 0 bridgehead atoms. The first-order valence-electron chi connectivity index (χ1n) is 6.80. The molecule has 0 atom stereocenters. The molecule has 0 aliphatic heterocycles. The van der Waals surface area contributed by atoms with Crippen molar-refractivity contribution in [2.75, 3.05) is 19.6 Å². The van der Waals surface area contributed by atoms with E-state index in [9.17, 15) is 4.79 Å². The van der Waals surface area contributed by atoms with Crippen LogP contribution in [0, 0.1) is 0 Å². The molecule has 122 valence electrons. The van der Waals surface area contributed by atoms with Gasteiger partial charge in [0.2, 0.25) is 0 Å². The predicted molar refractivity (Wildman–Crippen MR) is 89.3 cm³/mol. The van der Waals surface area contributed by atoms with E-state index in [4.69, 9.17) is 20.3 Å². The van der Waals surface area contributed by atoms with Crippen LogP contribution in [0.25, 0.3) is 16.2 Å². The number of fused-ring (bicyclic) bond motifs is 1. The van der Waals surface area contributed by atoms with Crippen molar-refractivity contribution in [2.45, 2.75) is 13.8 Å². The van der Waals surface area contributed by atoms with E-state index < -0.39 is 0 Å². The van der Waals surface area contributed by atoms with Crippen molar-refractivity contribution in [2.24, 2.45) is 0 Å². The minimum atomic E-state index is -0.123. The first kappa shape index (κ1) is 19.2. The van der Waals surface area contributed by atoms with Gasteiger partial charge in [0.05, 0.1) is 11.4 Å². The summed E-state index contributed by atoms with van der Waals surface area (Å²) in [5.74, 6) is -0.123. The average Bonchev–Trinajstić information content (AvgIpc) is 2.54. The fraction of sp³-hybridized carbons (Fsp3) is 0.333. The molecule has 1 aromatic heterocycles. The van der Waals surface area contributed by atoms with E-state index in [-0.39, 0.29) is 5.91 Å². The van der Waals surface area contributed by atoms with E-state index in [0.29, 0.717) is 25.1 Å². The monoisotopic (exact) mass is 385 g/mol. The Morgan fingerprint density at radius 2 is 1.86 bits per heavy atom. The maximum atomic E-state index is 11.9. The second-order valence-corrected chi connectivity index (χ2v) is 6.09. The van der Waals surface area contributed by atoms with Gasteiger partial charge in [0, 0.05) is 12.7 Å². The molecule has 2 rings (SSSR count). The molecule has 0 radical (unpaired) electrons. The molecular weight excluding hydrogens is 368 g/mol. The number of nitrogens with zero attached hydrogens (tertiary/aromatic N) is 3. The molecule has 0 aliphatic carbocycles. The Bertz CT molecular complexity index is 589. The summed E-state index contributed by atoms with van der Waals surface area (Å²) in [5.41, 5.74) is 1.42. The number of pyridine rings is 1. The van der Waals surface area contributed by atoms with Crippen molar-refractivity contribution in [3.05, 3.63) is 41.8 Å². The fourth-order valence-corrected chi connectivity index (χ4v) is 1.99. The number of hydrogen-bond donors (Lipinski definition) is 0. The number of rotatable bonds is 5. The zero-order valence-electron chi connectivity index (χ0n) is 12.4. The van der Waals surface area contributed by atoms with Crippen LogP contribution in [0.5, 0.6) is 0 Å². The summed E-state index contributed by atoms with van der Waals surface area (Å²) in [6.07, 6.45) is 1.72. The molecule has 0 aliphatic rings. The summed E-state index contributed by atoms with van der Waals surface area (Å²) in [5, 5.41) is 5.18. The molecule has 0 saturated heterocycles. The van der Waals surface area contributed by atoms with Gasteiger partial charge in [0.15, 0.2) is 0 Å². The van der Waals surface area contributed by atoms with Gasteiger partial charge in [0.1, 0.15) is 0 Å². The number of carbonyl (C=O) groups is 1. The van der Waals surface area contributed by atoms with E-state index in [1.54, 1.807) is 6.20 Å². The molecule has 1 aromatic carbocycles. The van der Waals surface area contributed by atoms with E-state index in [1.165, 1.54) is 0 Å². The SMILES string of the molecule is CCN(CC)CC(=O)[N-]c1cccc2cccnc12.[Cl][Co+][Cl]. The van der Waals surface area contributed by atoms with Crippen LogP contribution in [0.1, 0.15) is 13.8 Å². The number of hydrogen-bond acceptors (Lipinski definition) is 3. The van der Waals surface area contributed by atoms with Crippen LogP contribution < -0.4 is 0 Å². The second-order valence-electron chi connectivity index (χ2n) is 4.37. The quantitative estimate of drug-likeness (QED) is 0.761. The van der Waals surface area contributed by atoms with E-state index in [1.807, 2.05) is 49.1 Å². The molecule has 0 spiro atoms. The Kier molecular flexibility index (Phi) is 9.43. The molecule has 0 unspecified atom stereocenters. The summed E-state index contributed by atoms with van der Waals surface area (Å²) in [6.45, 7) is 6.14. The maximum absolute atomic E-state index is 11.9. The molecule has 4 nitrogen and oxygen atoms in total. The molecule has 7 heteroatoms. The van der Waals surface area contributed by atoms with Gasteiger partial charge in [-0.3, -0.25) is 9.88 Å². The first-order chi connectivity index (χ1) is 10.7.